The van der Waals surface area contributed by atoms with E-state index in [9.17, 15) is 9.18 Å². The van der Waals surface area contributed by atoms with Crippen LogP contribution in [0.4, 0.5) is 10.2 Å². The highest BCUT2D eigenvalue weighted by Gasteiger charge is 2.32. The molecule has 0 fully saturated rings. The molecule has 1 unspecified atom stereocenters. The number of imidazole rings is 1. The number of benzene rings is 1. The van der Waals surface area contributed by atoms with Gasteiger partial charge in [-0.3, -0.25) is 4.79 Å². The van der Waals surface area contributed by atoms with Crippen molar-refractivity contribution in [3.63, 3.8) is 0 Å². The maximum atomic E-state index is 14.1. The molecule has 1 atom stereocenters. The van der Waals surface area contributed by atoms with Crippen LogP contribution in [0, 0.1) is 15.6 Å². The van der Waals surface area contributed by atoms with Crippen LogP contribution in [0.25, 0.3) is 11.2 Å². The summed E-state index contributed by atoms with van der Waals surface area (Å²) in [7, 11) is 0. The van der Waals surface area contributed by atoms with E-state index in [1.807, 2.05) is 42.7 Å². The molecular formula is C22H24FIN6O3. The second kappa shape index (κ2) is 9.89. The van der Waals surface area contributed by atoms with Gasteiger partial charge in [0.05, 0.1) is 0 Å². The summed E-state index contributed by atoms with van der Waals surface area (Å²) in [6.07, 6.45) is 1.22. The Labute approximate surface area is 203 Å². The molecule has 0 aliphatic carbocycles. The summed E-state index contributed by atoms with van der Waals surface area (Å²) in [5.41, 5.74) is 7.55. The second-order valence-corrected chi connectivity index (χ2v) is 9.04. The molecule has 1 amide bonds. The van der Waals surface area contributed by atoms with Crippen LogP contribution in [0.2, 0.25) is 0 Å². The summed E-state index contributed by atoms with van der Waals surface area (Å²) < 4.78 is 28.0. The van der Waals surface area contributed by atoms with E-state index in [0.717, 1.165) is 9.13 Å². The van der Waals surface area contributed by atoms with E-state index in [1.165, 1.54) is 0 Å². The summed E-state index contributed by atoms with van der Waals surface area (Å²) in [6, 6.07) is 7.85. The summed E-state index contributed by atoms with van der Waals surface area (Å²) in [5.74, 6) is 0.560. The van der Waals surface area contributed by atoms with Crippen LogP contribution in [0.15, 0.2) is 36.3 Å². The molecule has 4 rings (SSSR count). The first-order valence-electron chi connectivity index (χ1n) is 10.5. The molecule has 3 aromatic rings. The zero-order chi connectivity index (χ0) is 23.5. The average molecular weight is 566 g/mol. The van der Waals surface area contributed by atoms with Gasteiger partial charge in [0.1, 0.15) is 23.8 Å². The SMILES string of the molecule is CC(C)C(=O)NCCCn1c(C(C2=COCO2)c2ccccc2I)nc2c(N)nc(F)nc21. The molecule has 3 heterocycles. The van der Waals surface area contributed by atoms with Gasteiger partial charge >= 0.3 is 6.08 Å². The minimum Gasteiger partial charge on any atom is -0.462 e. The van der Waals surface area contributed by atoms with Gasteiger partial charge in [-0.05, 0) is 40.6 Å². The largest absolute Gasteiger partial charge is 0.462 e. The second-order valence-electron chi connectivity index (χ2n) is 7.87. The highest BCUT2D eigenvalue weighted by atomic mass is 127. The number of allylic oxidation sites excluding steroid dienone is 1. The van der Waals surface area contributed by atoms with Crippen molar-refractivity contribution >= 4 is 45.5 Å². The van der Waals surface area contributed by atoms with Crippen LogP contribution in [0.1, 0.15) is 37.6 Å². The summed E-state index contributed by atoms with van der Waals surface area (Å²) in [5, 5.41) is 2.90. The molecule has 0 spiro atoms. The highest BCUT2D eigenvalue weighted by Crippen LogP contribution is 2.38. The molecule has 11 heteroatoms. The van der Waals surface area contributed by atoms with Gasteiger partial charge in [0.15, 0.2) is 17.0 Å². The number of nitrogens with zero attached hydrogens (tertiary/aromatic N) is 4. The van der Waals surface area contributed by atoms with Crippen molar-refractivity contribution in [2.45, 2.75) is 32.7 Å². The lowest BCUT2D eigenvalue weighted by molar-refractivity contribution is -0.123. The Morgan fingerprint density at radius 3 is 2.79 bits per heavy atom. The molecule has 9 nitrogen and oxygen atoms in total. The molecule has 0 saturated carbocycles. The van der Waals surface area contributed by atoms with Crippen molar-refractivity contribution in [2.75, 3.05) is 19.1 Å². The number of hydrogen-bond donors (Lipinski definition) is 2. The standard InChI is InChI=1S/C22H24FIN6O3/c1-12(2)21(31)26-8-5-9-30-19(27-17-18(25)28-22(23)29-20(17)30)16(15-10-32-11-33-15)13-6-3-4-7-14(13)24/h3-4,6-7,10,12,16H,5,8-9,11H2,1-2H3,(H,26,31)(H2,25,28,29). The zero-order valence-electron chi connectivity index (χ0n) is 18.2. The fourth-order valence-corrected chi connectivity index (χ4v) is 4.34. The number of rotatable bonds is 8. The number of carbonyl (C=O) groups excluding carboxylic acids is 1. The van der Waals surface area contributed by atoms with Crippen LogP contribution in [-0.4, -0.2) is 38.8 Å². The molecule has 0 saturated heterocycles. The lowest BCUT2D eigenvalue weighted by atomic mass is 9.96. The number of nitrogens with one attached hydrogen (secondary N) is 1. The fourth-order valence-electron chi connectivity index (χ4n) is 3.64. The molecule has 3 N–H and O–H groups in total. The van der Waals surface area contributed by atoms with Crippen LogP contribution < -0.4 is 11.1 Å². The molecule has 174 valence electrons. The average Bonchev–Trinajstić information content (AvgIpc) is 3.42. The molecular weight excluding hydrogens is 542 g/mol. The van der Waals surface area contributed by atoms with Gasteiger partial charge in [-0.25, -0.2) is 4.98 Å². The smallest absolute Gasteiger partial charge is 0.312 e. The molecule has 2 aromatic heterocycles. The number of fused-ring (bicyclic) bond motifs is 1. The van der Waals surface area contributed by atoms with E-state index in [2.05, 4.69) is 37.9 Å². The van der Waals surface area contributed by atoms with Gasteiger partial charge in [-0.2, -0.15) is 14.4 Å². The third kappa shape index (κ3) is 4.87. The predicted octanol–water partition coefficient (Wildman–Crippen LogP) is 3.29. The van der Waals surface area contributed by atoms with Crippen LogP contribution in [0.5, 0.6) is 0 Å². The van der Waals surface area contributed by atoms with Gasteiger partial charge in [-0.15, -0.1) is 0 Å². The Hall–Kier alpha value is -2.96. The van der Waals surface area contributed by atoms with Crippen molar-refractivity contribution in [1.82, 2.24) is 24.8 Å². The first kappa shape index (κ1) is 23.2. The van der Waals surface area contributed by atoms with E-state index in [0.29, 0.717) is 42.3 Å². The number of nitrogens with two attached hydrogens (primary N) is 1. The van der Waals surface area contributed by atoms with Crippen molar-refractivity contribution in [3.05, 3.63) is 57.3 Å². The maximum Gasteiger partial charge on any atom is 0.312 e. The Balaban J connectivity index is 1.79. The number of amides is 1. The normalized spacial score (nSPS) is 14.2. The van der Waals surface area contributed by atoms with E-state index in [4.69, 9.17) is 20.2 Å². The van der Waals surface area contributed by atoms with Crippen molar-refractivity contribution in [1.29, 1.82) is 0 Å². The summed E-state index contributed by atoms with van der Waals surface area (Å²) >= 11 is 2.26. The molecule has 1 aliphatic rings. The van der Waals surface area contributed by atoms with E-state index >= 15 is 0 Å². The van der Waals surface area contributed by atoms with Crippen LogP contribution in [0.3, 0.4) is 0 Å². The number of carbonyl (C=O) groups is 1. The van der Waals surface area contributed by atoms with Gasteiger partial charge < -0.3 is 25.1 Å². The Bertz CT molecular complexity index is 1210. The minimum absolute atomic E-state index is 0.0262. The van der Waals surface area contributed by atoms with Gasteiger partial charge in [-0.1, -0.05) is 32.0 Å². The zero-order valence-corrected chi connectivity index (χ0v) is 20.4. The first-order chi connectivity index (χ1) is 15.9. The topological polar surface area (TPSA) is 117 Å². The Kier molecular flexibility index (Phi) is 6.96. The number of halogens is 2. The van der Waals surface area contributed by atoms with Gasteiger partial charge in [0.25, 0.3) is 0 Å². The Morgan fingerprint density at radius 2 is 2.09 bits per heavy atom. The third-order valence-electron chi connectivity index (χ3n) is 5.26. The van der Waals surface area contributed by atoms with Crippen LogP contribution >= 0.6 is 22.6 Å². The van der Waals surface area contributed by atoms with Gasteiger partial charge in [0.2, 0.25) is 12.7 Å². The predicted molar refractivity (Wildman–Crippen MR) is 128 cm³/mol. The molecule has 0 bridgehead atoms. The minimum atomic E-state index is -0.925. The van der Waals surface area contributed by atoms with E-state index < -0.39 is 12.0 Å². The number of ether oxygens (including phenoxy) is 2. The van der Waals surface area contributed by atoms with E-state index in [-0.39, 0.29) is 24.4 Å². The Morgan fingerprint density at radius 1 is 1.30 bits per heavy atom. The van der Waals surface area contributed by atoms with Crippen LogP contribution in [-0.2, 0) is 20.8 Å². The number of aromatic nitrogens is 4. The number of anilines is 1. The monoisotopic (exact) mass is 566 g/mol. The number of aryl methyl sites for hydroxylation is 1. The van der Waals surface area contributed by atoms with Gasteiger partial charge in [0, 0.05) is 22.6 Å². The lowest BCUT2D eigenvalue weighted by Gasteiger charge is -2.20. The molecule has 33 heavy (non-hydrogen) atoms. The fraction of sp³-hybridized carbons (Fsp3) is 0.364. The third-order valence-corrected chi connectivity index (χ3v) is 6.24. The highest BCUT2D eigenvalue weighted by molar-refractivity contribution is 14.1. The summed E-state index contributed by atoms with van der Waals surface area (Å²) in [6.45, 7) is 4.65. The van der Waals surface area contributed by atoms with Crippen molar-refractivity contribution in [2.24, 2.45) is 5.92 Å². The lowest BCUT2D eigenvalue weighted by Crippen LogP contribution is -2.29. The van der Waals surface area contributed by atoms with Crippen molar-refractivity contribution in [3.8, 4) is 0 Å². The number of nitrogen functional groups attached to an aromatic ring is 1. The van der Waals surface area contributed by atoms with E-state index in [1.54, 1.807) is 6.26 Å². The quantitative estimate of drug-likeness (QED) is 0.244. The first-order valence-corrected chi connectivity index (χ1v) is 11.6. The summed E-state index contributed by atoms with van der Waals surface area (Å²) in [4.78, 5) is 24.3. The molecule has 0 radical (unpaired) electrons. The molecule has 1 aromatic carbocycles. The number of hydrogen-bond acceptors (Lipinski definition) is 7. The molecule has 1 aliphatic heterocycles. The maximum absolute atomic E-state index is 14.1. The van der Waals surface area contributed by atoms with Crippen molar-refractivity contribution < 1.29 is 18.7 Å².